The molecule has 2 heterocycles. The Hall–Kier alpha value is -1.36. The maximum Gasteiger partial charge on any atom is 0.271 e. The fourth-order valence-corrected chi connectivity index (χ4v) is 1.61. The number of nitrogens with one attached hydrogen (secondary N) is 2. The van der Waals surface area contributed by atoms with Gasteiger partial charge in [0.1, 0.15) is 5.69 Å². The number of carbonyl (C=O) groups is 1. The molecule has 0 aromatic carbocycles. The smallest absolute Gasteiger partial charge is 0.271 e. The molecule has 2 aliphatic rings. The summed E-state index contributed by atoms with van der Waals surface area (Å²) in [6.07, 6.45) is 4.10. The standard InChI is InChI=1S/C10H14N4O/c15-10(12-7-1-2-7)9-3-4-14(13-9)8-5-11-6-8/h3-4,7-8,11H,1-2,5-6H2,(H,12,15). The van der Waals surface area contributed by atoms with Crippen LogP contribution >= 0.6 is 0 Å². The summed E-state index contributed by atoms with van der Waals surface area (Å²) in [6, 6.07) is 2.61. The van der Waals surface area contributed by atoms with Crippen molar-refractivity contribution in [3.05, 3.63) is 18.0 Å². The van der Waals surface area contributed by atoms with Crippen molar-refractivity contribution in [2.75, 3.05) is 13.1 Å². The molecule has 1 aliphatic carbocycles. The van der Waals surface area contributed by atoms with Crippen LogP contribution in [0.3, 0.4) is 0 Å². The Bertz CT molecular complexity index is 379. The van der Waals surface area contributed by atoms with Gasteiger partial charge in [0.2, 0.25) is 0 Å². The maximum absolute atomic E-state index is 11.6. The SMILES string of the molecule is O=C(NC1CC1)c1ccn(C2CNC2)n1. The van der Waals surface area contributed by atoms with E-state index in [0.29, 0.717) is 17.8 Å². The number of hydrogen-bond acceptors (Lipinski definition) is 3. The molecule has 80 valence electrons. The molecule has 1 aliphatic heterocycles. The molecular weight excluding hydrogens is 192 g/mol. The number of hydrogen-bond donors (Lipinski definition) is 2. The van der Waals surface area contributed by atoms with Gasteiger partial charge in [-0.15, -0.1) is 0 Å². The maximum atomic E-state index is 11.6. The molecule has 1 saturated heterocycles. The average molecular weight is 206 g/mol. The van der Waals surface area contributed by atoms with Gasteiger partial charge < -0.3 is 10.6 Å². The second kappa shape index (κ2) is 3.34. The monoisotopic (exact) mass is 206 g/mol. The van der Waals surface area contributed by atoms with Crippen LogP contribution in [0.4, 0.5) is 0 Å². The highest BCUT2D eigenvalue weighted by molar-refractivity contribution is 5.92. The van der Waals surface area contributed by atoms with Crippen LogP contribution in [0.25, 0.3) is 0 Å². The minimum Gasteiger partial charge on any atom is -0.348 e. The summed E-state index contributed by atoms with van der Waals surface area (Å²) in [5, 5.41) is 10.4. The van der Waals surface area contributed by atoms with Crippen molar-refractivity contribution in [2.45, 2.75) is 24.9 Å². The lowest BCUT2D eigenvalue weighted by Gasteiger charge is -2.27. The molecule has 5 heteroatoms. The summed E-state index contributed by atoms with van der Waals surface area (Å²) in [5.74, 6) is -0.0384. The van der Waals surface area contributed by atoms with Gasteiger partial charge in [-0.2, -0.15) is 5.10 Å². The van der Waals surface area contributed by atoms with Crippen molar-refractivity contribution >= 4 is 5.91 Å². The summed E-state index contributed by atoms with van der Waals surface area (Å²) in [4.78, 5) is 11.6. The van der Waals surface area contributed by atoms with Gasteiger partial charge in [0.25, 0.3) is 5.91 Å². The van der Waals surface area contributed by atoms with E-state index in [1.807, 2.05) is 10.9 Å². The third-order valence-corrected chi connectivity index (χ3v) is 2.89. The van der Waals surface area contributed by atoms with Gasteiger partial charge in [-0.05, 0) is 18.9 Å². The second-order valence-corrected chi connectivity index (χ2v) is 4.24. The van der Waals surface area contributed by atoms with Crippen LogP contribution in [-0.4, -0.2) is 34.8 Å². The molecular formula is C10H14N4O. The first kappa shape index (κ1) is 8.91. The highest BCUT2D eigenvalue weighted by Gasteiger charge is 2.25. The van der Waals surface area contributed by atoms with Gasteiger partial charge in [0.05, 0.1) is 6.04 Å². The summed E-state index contributed by atoms with van der Waals surface area (Å²) in [5.41, 5.74) is 0.536. The van der Waals surface area contributed by atoms with Crippen molar-refractivity contribution in [3.8, 4) is 0 Å². The van der Waals surface area contributed by atoms with E-state index in [0.717, 1.165) is 25.9 Å². The van der Waals surface area contributed by atoms with E-state index < -0.39 is 0 Å². The first-order valence-electron chi connectivity index (χ1n) is 5.39. The molecule has 0 bridgehead atoms. The third kappa shape index (κ3) is 1.74. The molecule has 0 unspecified atom stereocenters. The highest BCUT2D eigenvalue weighted by Crippen LogP contribution is 2.19. The lowest BCUT2D eigenvalue weighted by molar-refractivity contribution is 0.0944. The Morgan fingerprint density at radius 3 is 2.93 bits per heavy atom. The molecule has 1 saturated carbocycles. The quantitative estimate of drug-likeness (QED) is 0.727. The summed E-state index contributed by atoms with van der Waals surface area (Å²) in [6.45, 7) is 1.90. The van der Waals surface area contributed by atoms with Gasteiger partial charge in [0.15, 0.2) is 0 Å². The van der Waals surface area contributed by atoms with Crippen LogP contribution in [0.5, 0.6) is 0 Å². The van der Waals surface area contributed by atoms with E-state index in [2.05, 4.69) is 15.7 Å². The lowest BCUT2D eigenvalue weighted by atomic mass is 10.2. The highest BCUT2D eigenvalue weighted by atomic mass is 16.2. The summed E-state index contributed by atoms with van der Waals surface area (Å²) >= 11 is 0. The van der Waals surface area contributed by atoms with Crippen LogP contribution in [0.15, 0.2) is 12.3 Å². The molecule has 0 atom stereocenters. The molecule has 2 N–H and O–H groups in total. The normalized spacial score (nSPS) is 21.1. The zero-order valence-corrected chi connectivity index (χ0v) is 8.44. The van der Waals surface area contributed by atoms with Crippen LogP contribution in [0.1, 0.15) is 29.4 Å². The number of aromatic nitrogens is 2. The van der Waals surface area contributed by atoms with E-state index in [-0.39, 0.29) is 5.91 Å². The molecule has 1 amide bonds. The average Bonchev–Trinajstić information content (AvgIpc) is 2.79. The lowest BCUT2D eigenvalue weighted by Crippen LogP contribution is -2.43. The van der Waals surface area contributed by atoms with Gasteiger partial charge >= 0.3 is 0 Å². The van der Waals surface area contributed by atoms with Gasteiger partial charge in [-0.1, -0.05) is 0 Å². The van der Waals surface area contributed by atoms with Crippen LogP contribution in [0, 0.1) is 0 Å². The van der Waals surface area contributed by atoms with E-state index in [4.69, 9.17) is 0 Å². The van der Waals surface area contributed by atoms with E-state index in [1.54, 1.807) is 6.07 Å². The Balaban J connectivity index is 1.68. The predicted octanol–water partition coefficient (Wildman–Crippen LogP) is -0.0804. The molecule has 0 spiro atoms. The molecule has 15 heavy (non-hydrogen) atoms. The molecule has 1 aromatic heterocycles. The van der Waals surface area contributed by atoms with Crippen LogP contribution < -0.4 is 10.6 Å². The molecule has 2 fully saturated rings. The minimum absolute atomic E-state index is 0.0384. The third-order valence-electron chi connectivity index (χ3n) is 2.89. The zero-order valence-electron chi connectivity index (χ0n) is 8.44. The topological polar surface area (TPSA) is 59.0 Å². The zero-order chi connectivity index (χ0) is 10.3. The molecule has 3 rings (SSSR count). The van der Waals surface area contributed by atoms with Crippen LogP contribution in [0.2, 0.25) is 0 Å². The Kier molecular flexibility index (Phi) is 1.98. The summed E-state index contributed by atoms with van der Waals surface area (Å²) in [7, 11) is 0. The number of carbonyl (C=O) groups excluding carboxylic acids is 1. The van der Waals surface area contributed by atoms with Gasteiger partial charge in [-0.3, -0.25) is 9.48 Å². The largest absolute Gasteiger partial charge is 0.348 e. The molecule has 5 nitrogen and oxygen atoms in total. The van der Waals surface area contributed by atoms with Crippen molar-refractivity contribution in [3.63, 3.8) is 0 Å². The van der Waals surface area contributed by atoms with Gasteiger partial charge in [0, 0.05) is 25.3 Å². The number of nitrogens with zero attached hydrogens (tertiary/aromatic N) is 2. The van der Waals surface area contributed by atoms with Crippen molar-refractivity contribution < 1.29 is 4.79 Å². The first-order chi connectivity index (χ1) is 7.33. The number of rotatable bonds is 3. The Labute approximate surface area is 87.8 Å². The fraction of sp³-hybridized carbons (Fsp3) is 0.600. The Morgan fingerprint density at radius 2 is 2.33 bits per heavy atom. The molecule has 0 radical (unpaired) electrons. The number of amides is 1. The second-order valence-electron chi connectivity index (χ2n) is 4.24. The van der Waals surface area contributed by atoms with Crippen molar-refractivity contribution in [1.29, 1.82) is 0 Å². The Morgan fingerprint density at radius 1 is 1.53 bits per heavy atom. The molecule has 1 aromatic rings. The van der Waals surface area contributed by atoms with Crippen LogP contribution in [-0.2, 0) is 0 Å². The van der Waals surface area contributed by atoms with E-state index in [1.165, 1.54) is 0 Å². The minimum atomic E-state index is -0.0384. The van der Waals surface area contributed by atoms with Crippen molar-refractivity contribution in [1.82, 2.24) is 20.4 Å². The first-order valence-corrected chi connectivity index (χ1v) is 5.39. The van der Waals surface area contributed by atoms with Crippen molar-refractivity contribution in [2.24, 2.45) is 0 Å². The predicted molar refractivity (Wildman–Crippen MR) is 54.6 cm³/mol. The van der Waals surface area contributed by atoms with E-state index in [9.17, 15) is 4.79 Å². The van der Waals surface area contributed by atoms with Gasteiger partial charge in [-0.25, -0.2) is 0 Å². The fourth-order valence-electron chi connectivity index (χ4n) is 1.61. The summed E-state index contributed by atoms with van der Waals surface area (Å²) < 4.78 is 1.87. The van der Waals surface area contributed by atoms with E-state index >= 15 is 0 Å².